The molecule has 0 amide bonds. The maximum Gasteiger partial charge on any atom is 0.122 e. The molecule has 0 bridgehead atoms. The molecule has 2 aromatic heterocycles. The first-order valence-corrected chi connectivity index (χ1v) is 7.76. The Kier molecular flexibility index (Phi) is 4.68. The van der Waals surface area contributed by atoms with Crippen molar-refractivity contribution >= 4 is 0 Å². The van der Waals surface area contributed by atoms with Crippen LogP contribution in [0.4, 0.5) is 0 Å². The predicted octanol–water partition coefficient (Wildman–Crippen LogP) is 3.16. The van der Waals surface area contributed by atoms with Crippen LogP contribution in [0, 0.1) is 0 Å². The Balaban J connectivity index is 1.65. The number of likely N-dealkylation sites (tertiary alicyclic amines) is 1. The number of hydrogen-bond acceptors (Lipinski definition) is 4. The van der Waals surface area contributed by atoms with Gasteiger partial charge >= 0.3 is 0 Å². The lowest BCUT2D eigenvalue weighted by Crippen LogP contribution is -2.35. The van der Waals surface area contributed by atoms with Crippen LogP contribution < -0.4 is 5.32 Å². The van der Waals surface area contributed by atoms with Crippen molar-refractivity contribution in [3.8, 4) is 0 Å². The minimum atomic E-state index is 0.242. The van der Waals surface area contributed by atoms with Gasteiger partial charge in [-0.25, -0.2) is 0 Å². The molecular weight excluding hydrogens is 262 g/mol. The minimum Gasteiger partial charge on any atom is -0.468 e. The van der Waals surface area contributed by atoms with E-state index in [1.807, 2.05) is 24.4 Å². The number of furan rings is 1. The van der Waals surface area contributed by atoms with Crippen LogP contribution in [0.5, 0.6) is 0 Å². The standard InChI is InChI=1S/C17H23N3O/c1-14(15-7-2-3-9-18-15)19-13-16(17-8-6-12-21-17)20-10-4-5-11-20/h2-3,6-9,12,14,16,19H,4-5,10-11,13H2,1H3. The summed E-state index contributed by atoms with van der Waals surface area (Å²) in [4.78, 5) is 6.93. The van der Waals surface area contributed by atoms with Gasteiger partial charge < -0.3 is 9.73 Å². The third-order valence-corrected chi connectivity index (χ3v) is 4.20. The molecule has 0 aromatic carbocycles. The summed E-state index contributed by atoms with van der Waals surface area (Å²) in [6.45, 7) is 5.35. The first-order chi connectivity index (χ1) is 10.3. The summed E-state index contributed by atoms with van der Waals surface area (Å²) in [6, 6.07) is 10.7. The number of rotatable bonds is 6. The van der Waals surface area contributed by atoms with Gasteiger partial charge in [-0.15, -0.1) is 0 Å². The average Bonchev–Trinajstić information content (AvgIpc) is 3.22. The molecule has 4 heteroatoms. The summed E-state index contributed by atoms with van der Waals surface area (Å²) in [7, 11) is 0. The van der Waals surface area contributed by atoms with E-state index < -0.39 is 0 Å². The number of hydrogen-bond donors (Lipinski definition) is 1. The van der Waals surface area contributed by atoms with E-state index in [9.17, 15) is 0 Å². The van der Waals surface area contributed by atoms with Crippen molar-refractivity contribution in [1.82, 2.24) is 15.2 Å². The van der Waals surface area contributed by atoms with E-state index in [0.29, 0.717) is 6.04 Å². The van der Waals surface area contributed by atoms with Gasteiger partial charge in [-0.05, 0) is 57.1 Å². The zero-order chi connectivity index (χ0) is 14.5. The highest BCUT2D eigenvalue weighted by molar-refractivity contribution is 5.09. The van der Waals surface area contributed by atoms with E-state index in [4.69, 9.17) is 4.42 Å². The van der Waals surface area contributed by atoms with Crippen molar-refractivity contribution in [3.63, 3.8) is 0 Å². The van der Waals surface area contributed by atoms with Gasteiger partial charge in [-0.3, -0.25) is 9.88 Å². The average molecular weight is 285 g/mol. The molecule has 1 aliphatic rings. The molecule has 0 radical (unpaired) electrons. The Bertz CT molecular complexity index is 520. The van der Waals surface area contributed by atoms with Gasteiger partial charge in [-0.1, -0.05) is 6.07 Å². The molecule has 1 fully saturated rings. The van der Waals surface area contributed by atoms with Crippen molar-refractivity contribution in [2.75, 3.05) is 19.6 Å². The summed E-state index contributed by atoms with van der Waals surface area (Å²) in [5.74, 6) is 1.05. The Morgan fingerprint density at radius 3 is 2.76 bits per heavy atom. The van der Waals surface area contributed by atoms with Crippen LogP contribution in [-0.4, -0.2) is 29.5 Å². The van der Waals surface area contributed by atoms with Gasteiger partial charge in [-0.2, -0.15) is 0 Å². The smallest absolute Gasteiger partial charge is 0.122 e. The van der Waals surface area contributed by atoms with E-state index in [0.717, 1.165) is 31.1 Å². The van der Waals surface area contributed by atoms with Crippen molar-refractivity contribution < 1.29 is 4.42 Å². The SMILES string of the molecule is CC(NCC(c1ccco1)N1CCCC1)c1ccccn1. The molecule has 3 heterocycles. The monoisotopic (exact) mass is 285 g/mol. The second kappa shape index (κ2) is 6.87. The molecule has 0 spiro atoms. The Labute approximate surface area is 126 Å². The van der Waals surface area contributed by atoms with E-state index in [-0.39, 0.29) is 6.04 Å². The lowest BCUT2D eigenvalue weighted by molar-refractivity contribution is 0.205. The van der Waals surface area contributed by atoms with Crippen LogP contribution in [-0.2, 0) is 0 Å². The largest absolute Gasteiger partial charge is 0.468 e. The molecule has 112 valence electrons. The van der Waals surface area contributed by atoms with E-state index in [1.54, 1.807) is 6.26 Å². The van der Waals surface area contributed by atoms with Crippen molar-refractivity contribution in [3.05, 3.63) is 54.2 Å². The van der Waals surface area contributed by atoms with E-state index in [2.05, 4.69) is 34.3 Å². The zero-order valence-electron chi connectivity index (χ0n) is 12.5. The highest BCUT2D eigenvalue weighted by Gasteiger charge is 2.25. The summed E-state index contributed by atoms with van der Waals surface area (Å²) >= 11 is 0. The van der Waals surface area contributed by atoms with Crippen molar-refractivity contribution in [2.45, 2.75) is 31.8 Å². The third-order valence-electron chi connectivity index (χ3n) is 4.20. The molecule has 3 rings (SSSR count). The lowest BCUT2D eigenvalue weighted by Gasteiger charge is -2.27. The number of nitrogens with zero attached hydrogens (tertiary/aromatic N) is 2. The van der Waals surface area contributed by atoms with Crippen LogP contribution >= 0.6 is 0 Å². The quantitative estimate of drug-likeness (QED) is 0.885. The summed E-state index contributed by atoms with van der Waals surface area (Å²) in [5, 5.41) is 3.60. The Hall–Kier alpha value is -1.65. The van der Waals surface area contributed by atoms with Crippen LogP contribution in [0.25, 0.3) is 0 Å². The molecule has 2 unspecified atom stereocenters. The highest BCUT2D eigenvalue weighted by Crippen LogP contribution is 2.25. The van der Waals surface area contributed by atoms with Crippen molar-refractivity contribution in [1.29, 1.82) is 0 Å². The van der Waals surface area contributed by atoms with Crippen molar-refractivity contribution in [2.24, 2.45) is 0 Å². The van der Waals surface area contributed by atoms with E-state index in [1.165, 1.54) is 12.8 Å². The van der Waals surface area contributed by atoms with Gasteiger partial charge in [0.1, 0.15) is 5.76 Å². The van der Waals surface area contributed by atoms with Crippen LogP contribution in [0.2, 0.25) is 0 Å². The molecule has 4 nitrogen and oxygen atoms in total. The molecular formula is C17H23N3O. The van der Waals surface area contributed by atoms with Gasteiger partial charge in [0.2, 0.25) is 0 Å². The third kappa shape index (κ3) is 3.52. The molecule has 2 aromatic rings. The second-order valence-electron chi connectivity index (χ2n) is 5.66. The van der Waals surface area contributed by atoms with E-state index >= 15 is 0 Å². The van der Waals surface area contributed by atoms with Crippen LogP contribution in [0.1, 0.15) is 43.3 Å². The lowest BCUT2D eigenvalue weighted by atomic mass is 10.1. The molecule has 0 aliphatic carbocycles. The number of aromatic nitrogens is 1. The fourth-order valence-electron chi connectivity index (χ4n) is 2.97. The number of pyridine rings is 1. The van der Waals surface area contributed by atoms with Gasteiger partial charge in [0.15, 0.2) is 0 Å². The maximum absolute atomic E-state index is 5.65. The summed E-state index contributed by atoms with van der Waals surface area (Å²) < 4.78 is 5.65. The molecule has 1 saturated heterocycles. The summed E-state index contributed by atoms with van der Waals surface area (Å²) in [5.41, 5.74) is 1.08. The molecule has 1 aliphatic heterocycles. The van der Waals surface area contributed by atoms with Crippen LogP contribution in [0.3, 0.4) is 0 Å². The predicted molar refractivity (Wildman–Crippen MR) is 82.9 cm³/mol. The second-order valence-corrected chi connectivity index (χ2v) is 5.66. The van der Waals surface area contributed by atoms with Gasteiger partial charge in [0, 0.05) is 18.8 Å². The maximum atomic E-state index is 5.65. The Morgan fingerprint density at radius 2 is 2.10 bits per heavy atom. The highest BCUT2D eigenvalue weighted by atomic mass is 16.3. The first-order valence-electron chi connectivity index (χ1n) is 7.76. The normalized spacial score (nSPS) is 18.7. The topological polar surface area (TPSA) is 41.3 Å². The molecule has 2 atom stereocenters. The first kappa shape index (κ1) is 14.3. The fourth-order valence-corrected chi connectivity index (χ4v) is 2.97. The van der Waals surface area contributed by atoms with Gasteiger partial charge in [0.25, 0.3) is 0 Å². The minimum absolute atomic E-state index is 0.242. The summed E-state index contributed by atoms with van der Waals surface area (Å²) in [6.07, 6.45) is 6.18. The molecule has 0 saturated carbocycles. The molecule has 1 N–H and O–H groups in total. The fraction of sp³-hybridized carbons (Fsp3) is 0.471. The van der Waals surface area contributed by atoms with Gasteiger partial charge in [0.05, 0.1) is 18.0 Å². The zero-order valence-corrected chi connectivity index (χ0v) is 12.5. The van der Waals surface area contributed by atoms with Crippen LogP contribution in [0.15, 0.2) is 47.2 Å². The molecule has 21 heavy (non-hydrogen) atoms. The number of nitrogens with one attached hydrogen (secondary N) is 1. The Morgan fingerprint density at radius 1 is 1.24 bits per heavy atom.